The van der Waals surface area contributed by atoms with Gasteiger partial charge < -0.3 is 10.1 Å². The summed E-state index contributed by atoms with van der Waals surface area (Å²) >= 11 is 0. The molecule has 0 aliphatic carbocycles. The Labute approximate surface area is 188 Å². The van der Waals surface area contributed by atoms with E-state index in [1.165, 1.54) is 26.2 Å². The van der Waals surface area contributed by atoms with Crippen LogP contribution < -0.4 is 10.1 Å². The summed E-state index contributed by atoms with van der Waals surface area (Å²) in [5.74, 6) is 0.351. The molecule has 0 aliphatic heterocycles. The van der Waals surface area contributed by atoms with Crippen molar-refractivity contribution in [3.05, 3.63) is 77.1 Å². The van der Waals surface area contributed by atoms with Crippen LogP contribution in [0.5, 0.6) is 5.75 Å². The summed E-state index contributed by atoms with van der Waals surface area (Å²) in [6.07, 6.45) is 0. The molecule has 0 aliphatic rings. The standard InChI is InChI=1S/C23H28N4O4S/c1-17-15-18(2)27(25-17)16-19-5-7-20(8-6-19)23(28)24-13-14-31-21-9-11-22(12-10-21)32(29,30)26(3)4/h5-12,15H,13-14,16H2,1-4H3,(H,24,28). The van der Waals surface area contributed by atoms with Crippen LogP contribution in [0.4, 0.5) is 0 Å². The van der Waals surface area contributed by atoms with Crippen molar-refractivity contribution in [1.82, 2.24) is 19.4 Å². The molecule has 3 aromatic rings. The van der Waals surface area contributed by atoms with Gasteiger partial charge in [-0.3, -0.25) is 9.48 Å². The molecule has 9 heteroatoms. The van der Waals surface area contributed by atoms with E-state index >= 15 is 0 Å². The zero-order valence-electron chi connectivity index (χ0n) is 18.7. The third-order valence-corrected chi connectivity index (χ3v) is 6.74. The molecule has 0 spiro atoms. The quantitative estimate of drug-likeness (QED) is 0.500. The van der Waals surface area contributed by atoms with Crippen molar-refractivity contribution < 1.29 is 17.9 Å². The van der Waals surface area contributed by atoms with Gasteiger partial charge in [0.1, 0.15) is 12.4 Å². The Morgan fingerprint density at radius 3 is 2.28 bits per heavy atom. The molecular weight excluding hydrogens is 428 g/mol. The van der Waals surface area contributed by atoms with E-state index in [4.69, 9.17) is 4.74 Å². The first-order valence-corrected chi connectivity index (χ1v) is 11.6. The van der Waals surface area contributed by atoms with Gasteiger partial charge in [-0.2, -0.15) is 5.10 Å². The van der Waals surface area contributed by atoms with E-state index < -0.39 is 10.0 Å². The van der Waals surface area contributed by atoms with E-state index in [0.717, 1.165) is 21.3 Å². The molecule has 0 fully saturated rings. The number of aromatic nitrogens is 2. The lowest BCUT2D eigenvalue weighted by atomic mass is 10.1. The molecule has 1 aromatic heterocycles. The third kappa shape index (κ3) is 5.74. The lowest BCUT2D eigenvalue weighted by Crippen LogP contribution is -2.28. The second-order valence-corrected chi connectivity index (χ2v) is 9.80. The van der Waals surface area contributed by atoms with Gasteiger partial charge in [0, 0.05) is 25.4 Å². The van der Waals surface area contributed by atoms with Crippen LogP contribution in [0.1, 0.15) is 27.3 Å². The maximum Gasteiger partial charge on any atom is 0.251 e. The maximum absolute atomic E-state index is 12.3. The molecule has 8 nitrogen and oxygen atoms in total. The number of benzene rings is 2. The van der Waals surface area contributed by atoms with Crippen LogP contribution in [0.2, 0.25) is 0 Å². The van der Waals surface area contributed by atoms with Gasteiger partial charge in [0.15, 0.2) is 0 Å². The number of hydrogen-bond acceptors (Lipinski definition) is 5. The number of rotatable bonds is 9. The second-order valence-electron chi connectivity index (χ2n) is 7.64. The maximum atomic E-state index is 12.3. The minimum absolute atomic E-state index is 0.182. The first-order valence-electron chi connectivity index (χ1n) is 10.2. The number of amides is 1. The van der Waals surface area contributed by atoms with Gasteiger partial charge >= 0.3 is 0 Å². The highest BCUT2D eigenvalue weighted by Gasteiger charge is 2.16. The van der Waals surface area contributed by atoms with E-state index in [-0.39, 0.29) is 17.4 Å². The Kier molecular flexibility index (Phi) is 7.32. The molecule has 3 rings (SSSR count). The van der Waals surface area contributed by atoms with Crippen LogP contribution >= 0.6 is 0 Å². The Morgan fingerprint density at radius 1 is 1.06 bits per heavy atom. The molecule has 2 aromatic carbocycles. The summed E-state index contributed by atoms with van der Waals surface area (Å²) < 4.78 is 32.8. The van der Waals surface area contributed by atoms with Crippen molar-refractivity contribution in [2.45, 2.75) is 25.3 Å². The van der Waals surface area contributed by atoms with Crippen molar-refractivity contribution in [1.29, 1.82) is 0 Å². The zero-order valence-corrected chi connectivity index (χ0v) is 19.5. The largest absolute Gasteiger partial charge is 0.492 e. The number of carbonyl (C=O) groups is 1. The first-order chi connectivity index (χ1) is 15.2. The molecule has 0 saturated carbocycles. The summed E-state index contributed by atoms with van der Waals surface area (Å²) in [4.78, 5) is 12.5. The highest BCUT2D eigenvalue weighted by molar-refractivity contribution is 7.89. The van der Waals surface area contributed by atoms with Crippen molar-refractivity contribution in [2.24, 2.45) is 0 Å². The third-order valence-electron chi connectivity index (χ3n) is 4.91. The molecule has 0 atom stereocenters. The van der Waals surface area contributed by atoms with Crippen LogP contribution in [-0.4, -0.2) is 55.7 Å². The zero-order chi connectivity index (χ0) is 23.3. The van der Waals surface area contributed by atoms with Gasteiger partial charge in [0.05, 0.1) is 23.7 Å². The minimum Gasteiger partial charge on any atom is -0.492 e. The molecule has 0 unspecified atom stereocenters. The van der Waals surface area contributed by atoms with Crippen LogP contribution in [-0.2, 0) is 16.6 Å². The van der Waals surface area contributed by atoms with Crippen LogP contribution in [0.3, 0.4) is 0 Å². The topological polar surface area (TPSA) is 93.5 Å². The van der Waals surface area contributed by atoms with Crippen molar-refractivity contribution >= 4 is 15.9 Å². The Hall–Kier alpha value is -3.17. The number of hydrogen-bond donors (Lipinski definition) is 1. The highest BCUT2D eigenvalue weighted by Crippen LogP contribution is 2.18. The Bertz CT molecular complexity index is 1170. The predicted molar refractivity (Wildman–Crippen MR) is 122 cm³/mol. The monoisotopic (exact) mass is 456 g/mol. The number of carbonyl (C=O) groups excluding carboxylic acids is 1. The molecule has 1 heterocycles. The highest BCUT2D eigenvalue weighted by atomic mass is 32.2. The van der Waals surface area contributed by atoms with Gasteiger partial charge in [-0.15, -0.1) is 0 Å². The van der Waals surface area contributed by atoms with Crippen molar-refractivity contribution in [3.63, 3.8) is 0 Å². The predicted octanol–water partition coefficient (Wildman–Crippen LogP) is 2.61. The van der Waals surface area contributed by atoms with E-state index in [2.05, 4.69) is 10.4 Å². The minimum atomic E-state index is -3.47. The van der Waals surface area contributed by atoms with E-state index in [1.807, 2.05) is 36.7 Å². The Morgan fingerprint density at radius 2 is 1.72 bits per heavy atom. The number of nitrogens with zero attached hydrogens (tertiary/aromatic N) is 3. The molecule has 1 amide bonds. The van der Waals surface area contributed by atoms with E-state index in [1.54, 1.807) is 24.3 Å². The van der Waals surface area contributed by atoms with Gasteiger partial charge in [0.2, 0.25) is 10.0 Å². The van der Waals surface area contributed by atoms with E-state index in [9.17, 15) is 13.2 Å². The van der Waals surface area contributed by atoms with Gasteiger partial charge in [-0.25, -0.2) is 12.7 Å². The van der Waals surface area contributed by atoms with Crippen molar-refractivity contribution in [2.75, 3.05) is 27.2 Å². The molecule has 0 radical (unpaired) electrons. The van der Waals surface area contributed by atoms with Gasteiger partial charge in [-0.05, 0) is 61.9 Å². The average Bonchev–Trinajstić information content (AvgIpc) is 3.08. The van der Waals surface area contributed by atoms with Crippen LogP contribution in [0, 0.1) is 13.8 Å². The van der Waals surface area contributed by atoms with Crippen LogP contribution in [0.25, 0.3) is 0 Å². The summed E-state index contributed by atoms with van der Waals surface area (Å²) in [6.45, 7) is 5.23. The van der Waals surface area contributed by atoms with Crippen molar-refractivity contribution in [3.8, 4) is 5.75 Å². The fraction of sp³-hybridized carbons (Fsp3) is 0.304. The lowest BCUT2D eigenvalue weighted by molar-refractivity contribution is 0.0947. The molecular formula is C23H28N4O4S. The normalized spacial score (nSPS) is 11.5. The van der Waals surface area contributed by atoms with Gasteiger partial charge in [0.25, 0.3) is 5.91 Å². The van der Waals surface area contributed by atoms with E-state index in [0.29, 0.717) is 24.4 Å². The Balaban J connectivity index is 1.46. The average molecular weight is 457 g/mol. The molecule has 32 heavy (non-hydrogen) atoms. The molecule has 170 valence electrons. The molecule has 0 saturated heterocycles. The lowest BCUT2D eigenvalue weighted by Gasteiger charge is -2.12. The second kappa shape index (κ2) is 9.97. The number of ether oxygens (including phenoxy) is 1. The number of sulfonamides is 1. The number of nitrogens with one attached hydrogen (secondary N) is 1. The first kappa shape index (κ1) is 23.5. The fourth-order valence-corrected chi connectivity index (χ4v) is 4.03. The van der Waals surface area contributed by atoms with Gasteiger partial charge in [-0.1, -0.05) is 12.1 Å². The molecule has 0 bridgehead atoms. The van der Waals surface area contributed by atoms with Crippen LogP contribution in [0.15, 0.2) is 59.5 Å². The summed E-state index contributed by atoms with van der Waals surface area (Å²) in [7, 11) is -0.500. The fourth-order valence-electron chi connectivity index (χ4n) is 3.12. The number of aryl methyl sites for hydroxylation is 2. The summed E-state index contributed by atoms with van der Waals surface area (Å²) in [5.41, 5.74) is 3.71. The summed E-state index contributed by atoms with van der Waals surface area (Å²) in [6, 6.07) is 15.6. The molecule has 1 N–H and O–H groups in total. The SMILES string of the molecule is Cc1cc(C)n(Cc2ccc(C(=O)NCCOc3ccc(S(=O)(=O)N(C)C)cc3)cc2)n1. The smallest absolute Gasteiger partial charge is 0.251 e. The summed E-state index contributed by atoms with van der Waals surface area (Å²) in [5, 5.41) is 7.27.